The van der Waals surface area contributed by atoms with E-state index in [0.29, 0.717) is 0 Å². The van der Waals surface area contributed by atoms with Gasteiger partial charge >= 0.3 is 0 Å². The maximum absolute atomic E-state index is 5.02. The van der Waals surface area contributed by atoms with Gasteiger partial charge in [-0.05, 0) is 37.1 Å². The zero-order chi connectivity index (χ0) is 14.8. The summed E-state index contributed by atoms with van der Waals surface area (Å²) in [6.07, 6.45) is 5.92. The van der Waals surface area contributed by atoms with Crippen molar-refractivity contribution in [2.24, 2.45) is 0 Å². The third kappa shape index (κ3) is 7.17. The Hall–Kier alpha value is -2.28. The molecular weight excluding hydrogens is 256 g/mol. The average Bonchev–Trinajstić information content (AvgIpc) is 2.50. The van der Waals surface area contributed by atoms with Crippen molar-refractivity contribution in [3.05, 3.63) is 77.9 Å². The van der Waals surface area contributed by atoms with Gasteiger partial charge in [-0.3, -0.25) is 0 Å². The smallest absolute Gasteiger partial charge is 0.118 e. The lowest BCUT2D eigenvalue weighted by Crippen LogP contribution is -1.80. The number of rotatable bonds is 3. The van der Waals surface area contributed by atoms with Crippen LogP contribution in [0.2, 0.25) is 0 Å². The summed E-state index contributed by atoms with van der Waals surface area (Å²) in [5.74, 6) is 0.901. The van der Waals surface area contributed by atoms with Crippen LogP contribution in [0.25, 0.3) is 12.2 Å². The fourth-order valence-electron chi connectivity index (χ4n) is 1.61. The molecule has 0 radical (unpaired) electrons. The largest absolute Gasteiger partial charge is 0.497 e. The number of aryl methyl sites for hydroxylation is 1. The van der Waals surface area contributed by atoms with E-state index in [1.165, 1.54) is 16.7 Å². The van der Waals surface area contributed by atoms with Crippen molar-refractivity contribution in [2.75, 3.05) is 7.11 Å². The molecule has 2 aromatic rings. The second-order valence-electron chi connectivity index (χ2n) is 4.39. The van der Waals surface area contributed by atoms with Gasteiger partial charge in [0.2, 0.25) is 0 Å². The van der Waals surface area contributed by atoms with Crippen LogP contribution in [-0.2, 0) is 0 Å². The molecule has 0 saturated heterocycles. The van der Waals surface area contributed by atoms with Crippen LogP contribution < -0.4 is 4.74 Å². The molecule has 0 bridgehead atoms. The Morgan fingerprint density at radius 1 is 0.905 bits per heavy atom. The van der Waals surface area contributed by atoms with Crippen molar-refractivity contribution in [2.45, 2.75) is 21.3 Å². The number of methoxy groups -OCH3 is 1. The highest BCUT2D eigenvalue weighted by Gasteiger charge is 1.88. The van der Waals surface area contributed by atoms with Crippen molar-refractivity contribution >= 4 is 12.2 Å². The van der Waals surface area contributed by atoms with Crippen molar-refractivity contribution in [3.8, 4) is 5.75 Å². The van der Waals surface area contributed by atoms with Gasteiger partial charge in [-0.2, -0.15) is 0 Å². The van der Waals surface area contributed by atoms with E-state index in [-0.39, 0.29) is 7.43 Å². The summed E-state index contributed by atoms with van der Waals surface area (Å²) in [5.41, 5.74) is 3.68. The van der Waals surface area contributed by atoms with Crippen molar-refractivity contribution in [1.82, 2.24) is 0 Å². The first-order chi connectivity index (χ1) is 9.69. The Labute approximate surface area is 129 Å². The van der Waals surface area contributed by atoms with E-state index in [1.807, 2.05) is 43.3 Å². The second kappa shape index (κ2) is 10.5. The van der Waals surface area contributed by atoms with E-state index < -0.39 is 0 Å². The number of ether oxygens (including phenoxy) is 1. The molecule has 1 nitrogen and oxygen atoms in total. The Balaban J connectivity index is 0.000000370. The number of hydrogen-bond acceptors (Lipinski definition) is 1. The van der Waals surface area contributed by atoms with Gasteiger partial charge in [0.25, 0.3) is 0 Å². The van der Waals surface area contributed by atoms with Gasteiger partial charge in [0.15, 0.2) is 0 Å². The first-order valence-electron chi connectivity index (χ1n) is 6.65. The van der Waals surface area contributed by atoms with Crippen LogP contribution in [-0.4, -0.2) is 7.11 Å². The third-order valence-corrected chi connectivity index (χ3v) is 2.79. The van der Waals surface area contributed by atoms with Crippen LogP contribution in [0.15, 0.2) is 61.2 Å². The van der Waals surface area contributed by atoms with Crippen LogP contribution in [0.1, 0.15) is 31.0 Å². The SMILES string of the molecule is C.C/C=C/c1ccc(OC)cc1.C=Cc1ccc(C)cc1. The van der Waals surface area contributed by atoms with Crippen LogP contribution in [0.4, 0.5) is 0 Å². The van der Waals surface area contributed by atoms with Gasteiger partial charge in [-0.15, -0.1) is 0 Å². The topological polar surface area (TPSA) is 9.23 Å². The van der Waals surface area contributed by atoms with Crippen molar-refractivity contribution < 1.29 is 4.74 Å². The van der Waals surface area contributed by atoms with E-state index in [2.05, 4.69) is 43.8 Å². The maximum atomic E-state index is 5.02. The Morgan fingerprint density at radius 3 is 1.86 bits per heavy atom. The molecule has 0 fully saturated rings. The Kier molecular flexibility index (Phi) is 9.36. The Bertz CT molecular complexity index is 533. The molecule has 112 valence electrons. The summed E-state index contributed by atoms with van der Waals surface area (Å²) in [7, 11) is 1.67. The van der Waals surface area contributed by atoms with Crippen LogP contribution in [0, 0.1) is 6.92 Å². The number of hydrogen-bond donors (Lipinski definition) is 0. The summed E-state index contributed by atoms with van der Waals surface area (Å²) in [5, 5.41) is 0. The van der Waals surface area contributed by atoms with Gasteiger partial charge < -0.3 is 4.74 Å². The van der Waals surface area contributed by atoms with Gasteiger partial charge in [-0.1, -0.05) is 74.2 Å². The normalized spacial score (nSPS) is 9.29. The zero-order valence-electron chi connectivity index (χ0n) is 12.5. The molecule has 0 atom stereocenters. The average molecular weight is 282 g/mol. The molecule has 0 saturated carbocycles. The fraction of sp³-hybridized carbons (Fsp3) is 0.200. The van der Waals surface area contributed by atoms with Gasteiger partial charge in [0.05, 0.1) is 7.11 Å². The van der Waals surface area contributed by atoms with E-state index in [1.54, 1.807) is 7.11 Å². The van der Waals surface area contributed by atoms with Gasteiger partial charge in [-0.25, -0.2) is 0 Å². The number of allylic oxidation sites excluding steroid dienone is 1. The van der Waals surface area contributed by atoms with E-state index in [9.17, 15) is 0 Å². The molecule has 2 rings (SSSR count). The molecule has 0 amide bonds. The highest BCUT2D eigenvalue weighted by atomic mass is 16.5. The summed E-state index contributed by atoms with van der Waals surface area (Å²) in [4.78, 5) is 0. The summed E-state index contributed by atoms with van der Waals surface area (Å²) in [6, 6.07) is 16.2. The van der Waals surface area contributed by atoms with Gasteiger partial charge in [0, 0.05) is 0 Å². The highest BCUT2D eigenvalue weighted by molar-refractivity contribution is 5.50. The predicted molar refractivity (Wildman–Crippen MR) is 95.7 cm³/mol. The molecule has 0 N–H and O–H groups in total. The summed E-state index contributed by atoms with van der Waals surface area (Å²) < 4.78 is 5.02. The second-order valence-corrected chi connectivity index (χ2v) is 4.39. The molecule has 0 aliphatic carbocycles. The minimum atomic E-state index is 0. The lowest BCUT2D eigenvalue weighted by molar-refractivity contribution is 0.415. The first-order valence-corrected chi connectivity index (χ1v) is 6.65. The van der Waals surface area contributed by atoms with E-state index in [0.717, 1.165) is 5.75 Å². The number of benzene rings is 2. The lowest BCUT2D eigenvalue weighted by Gasteiger charge is -1.98. The molecule has 2 aromatic carbocycles. The summed E-state index contributed by atoms with van der Waals surface area (Å²) >= 11 is 0. The van der Waals surface area contributed by atoms with Crippen LogP contribution in [0.5, 0.6) is 5.75 Å². The minimum absolute atomic E-state index is 0. The monoisotopic (exact) mass is 282 g/mol. The lowest BCUT2D eigenvalue weighted by atomic mass is 10.2. The standard InChI is InChI=1S/C10H12O.C9H10.CH4/c1-3-4-9-5-7-10(11-2)8-6-9;1-3-9-6-4-8(2)5-7-9;/h3-8H,1-2H3;3-7H,1H2,2H3;1H4/b4-3+;;. The zero-order valence-corrected chi connectivity index (χ0v) is 12.5. The van der Waals surface area contributed by atoms with Crippen LogP contribution in [0.3, 0.4) is 0 Å². The molecular formula is C20H26O. The fourth-order valence-corrected chi connectivity index (χ4v) is 1.61. The molecule has 1 heteroatoms. The van der Waals surface area contributed by atoms with Gasteiger partial charge in [0.1, 0.15) is 5.75 Å². The molecule has 0 heterocycles. The minimum Gasteiger partial charge on any atom is -0.497 e. The molecule has 0 aromatic heterocycles. The maximum Gasteiger partial charge on any atom is 0.118 e. The predicted octanol–water partition coefficient (Wildman–Crippen LogP) is 6.00. The first kappa shape index (κ1) is 18.7. The highest BCUT2D eigenvalue weighted by Crippen LogP contribution is 2.11. The molecule has 0 spiro atoms. The quantitative estimate of drug-likeness (QED) is 0.670. The summed E-state index contributed by atoms with van der Waals surface area (Å²) in [6.45, 7) is 7.74. The molecule has 0 aliphatic heterocycles. The Morgan fingerprint density at radius 2 is 1.43 bits per heavy atom. The van der Waals surface area contributed by atoms with E-state index in [4.69, 9.17) is 4.74 Å². The molecule has 21 heavy (non-hydrogen) atoms. The molecule has 0 unspecified atom stereocenters. The third-order valence-electron chi connectivity index (χ3n) is 2.79. The van der Waals surface area contributed by atoms with Crippen molar-refractivity contribution in [1.29, 1.82) is 0 Å². The molecule has 0 aliphatic rings. The van der Waals surface area contributed by atoms with Crippen LogP contribution >= 0.6 is 0 Å². The van der Waals surface area contributed by atoms with Crippen molar-refractivity contribution in [3.63, 3.8) is 0 Å². The van der Waals surface area contributed by atoms with E-state index >= 15 is 0 Å².